The predicted molar refractivity (Wildman–Crippen MR) is 169 cm³/mol. The van der Waals surface area contributed by atoms with Crippen molar-refractivity contribution < 1.29 is 18.7 Å². The van der Waals surface area contributed by atoms with E-state index in [2.05, 4.69) is 48.9 Å². The van der Waals surface area contributed by atoms with Crippen molar-refractivity contribution in [3.63, 3.8) is 0 Å². The molecule has 41 heavy (non-hydrogen) atoms. The molecule has 0 bridgehead atoms. The van der Waals surface area contributed by atoms with Gasteiger partial charge in [0, 0.05) is 10.4 Å². The van der Waals surface area contributed by atoms with Gasteiger partial charge in [0.25, 0.3) is 11.5 Å². The first-order valence-electron chi connectivity index (χ1n) is 13.2. The molecule has 0 radical (unpaired) electrons. The van der Waals surface area contributed by atoms with Crippen LogP contribution in [0.3, 0.4) is 0 Å². The highest BCUT2D eigenvalue weighted by Crippen LogP contribution is 2.34. The molecule has 0 unspecified atom stereocenters. The minimum absolute atomic E-state index is 0.0766. The Kier molecular flexibility index (Phi) is 9.33. The fourth-order valence-corrected chi connectivity index (χ4v) is 6.01. The van der Waals surface area contributed by atoms with Crippen LogP contribution in [0.1, 0.15) is 49.4 Å². The van der Waals surface area contributed by atoms with E-state index in [1.807, 2.05) is 18.2 Å². The van der Waals surface area contributed by atoms with Crippen molar-refractivity contribution in [3.8, 4) is 11.5 Å². The standard InChI is InChI=1S/C30H27BrFIN4O4/c1-40-26-14-18(13-23(33)28(26)41-17-27(38)35-25-10-6-5-9-22(25)32)16-34-37-29(19-7-3-2-4-8-19)36-24-12-11-20(31)15-21(24)30(37)39/h5-6,9-16,19H,2-4,7-8,17H2,1H3,(H,35,38). The average Bonchev–Trinajstić information content (AvgIpc) is 2.97. The van der Waals surface area contributed by atoms with Gasteiger partial charge in [-0.15, -0.1) is 0 Å². The summed E-state index contributed by atoms with van der Waals surface area (Å²) < 4.78 is 28.0. The van der Waals surface area contributed by atoms with Gasteiger partial charge in [-0.2, -0.15) is 9.78 Å². The topological polar surface area (TPSA) is 94.8 Å². The van der Waals surface area contributed by atoms with Gasteiger partial charge in [0.15, 0.2) is 18.1 Å². The molecule has 1 heterocycles. The number of amides is 1. The lowest BCUT2D eigenvalue weighted by Crippen LogP contribution is -2.25. The summed E-state index contributed by atoms with van der Waals surface area (Å²) >= 11 is 5.54. The highest BCUT2D eigenvalue weighted by Gasteiger charge is 2.23. The molecule has 11 heteroatoms. The van der Waals surface area contributed by atoms with Crippen LogP contribution in [-0.4, -0.2) is 35.5 Å². The van der Waals surface area contributed by atoms with Crippen molar-refractivity contribution >= 4 is 67.2 Å². The van der Waals surface area contributed by atoms with Crippen molar-refractivity contribution in [1.82, 2.24) is 9.66 Å². The lowest BCUT2D eigenvalue weighted by molar-refractivity contribution is -0.118. The fraction of sp³-hybridized carbons (Fsp3) is 0.267. The van der Waals surface area contributed by atoms with E-state index in [0.717, 1.165) is 30.2 Å². The van der Waals surface area contributed by atoms with E-state index in [0.29, 0.717) is 37.4 Å². The molecule has 1 saturated carbocycles. The van der Waals surface area contributed by atoms with Gasteiger partial charge in [-0.1, -0.05) is 47.3 Å². The highest BCUT2D eigenvalue weighted by molar-refractivity contribution is 14.1. The second kappa shape index (κ2) is 13.1. The van der Waals surface area contributed by atoms with Crippen molar-refractivity contribution in [2.75, 3.05) is 19.0 Å². The molecule has 0 saturated heterocycles. The number of rotatable bonds is 8. The van der Waals surface area contributed by atoms with Crippen LogP contribution in [0.15, 0.2) is 69.0 Å². The van der Waals surface area contributed by atoms with Gasteiger partial charge in [0.05, 0.1) is 33.5 Å². The summed E-state index contributed by atoms with van der Waals surface area (Å²) in [5, 5.41) is 7.59. The number of fused-ring (bicyclic) bond motifs is 1. The molecule has 0 aliphatic heterocycles. The Morgan fingerprint density at radius 1 is 1.20 bits per heavy atom. The number of methoxy groups -OCH3 is 1. The molecule has 0 spiro atoms. The molecule has 1 aliphatic carbocycles. The largest absolute Gasteiger partial charge is 0.493 e. The number of carbonyl (C=O) groups is 1. The van der Waals surface area contributed by atoms with E-state index in [1.165, 1.54) is 30.3 Å². The van der Waals surface area contributed by atoms with E-state index >= 15 is 0 Å². The van der Waals surface area contributed by atoms with Crippen molar-refractivity contribution in [1.29, 1.82) is 0 Å². The third-order valence-corrected chi connectivity index (χ3v) is 8.17. The Morgan fingerprint density at radius 3 is 2.73 bits per heavy atom. The van der Waals surface area contributed by atoms with Gasteiger partial charge in [-0.05, 0) is 83.5 Å². The first-order chi connectivity index (χ1) is 19.8. The number of benzene rings is 3. The van der Waals surface area contributed by atoms with Crippen LogP contribution >= 0.6 is 38.5 Å². The number of halogens is 3. The zero-order valence-corrected chi connectivity index (χ0v) is 25.9. The number of para-hydroxylation sites is 1. The number of hydrogen-bond donors (Lipinski definition) is 1. The zero-order chi connectivity index (χ0) is 28.9. The number of anilines is 1. The van der Waals surface area contributed by atoms with Gasteiger partial charge >= 0.3 is 0 Å². The Morgan fingerprint density at radius 2 is 1.98 bits per heavy atom. The first-order valence-corrected chi connectivity index (χ1v) is 15.0. The Balaban J connectivity index is 1.42. The highest BCUT2D eigenvalue weighted by atomic mass is 127. The number of ether oxygens (including phenoxy) is 2. The summed E-state index contributed by atoms with van der Waals surface area (Å²) in [7, 11) is 1.50. The maximum Gasteiger partial charge on any atom is 0.282 e. The summed E-state index contributed by atoms with van der Waals surface area (Å²) in [6.07, 6.45) is 6.90. The van der Waals surface area contributed by atoms with E-state index in [1.54, 1.807) is 30.5 Å². The van der Waals surface area contributed by atoms with Crippen LogP contribution in [0.5, 0.6) is 11.5 Å². The smallest absolute Gasteiger partial charge is 0.282 e. The molecule has 1 aromatic heterocycles. The van der Waals surface area contributed by atoms with Crippen LogP contribution in [0.25, 0.3) is 10.9 Å². The first kappa shape index (κ1) is 29.2. The summed E-state index contributed by atoms with van der Waals surface area (Å²) in [4.78, 5) is 30.8. The molecule has 3 aromatic carbocycles. The minimum atomic E-state index is -0.531. The molecule has 1 fully saturated rings. The molecule has 8 nitrogen and oxygen atoms in total. The Bertz CT molecular complexity index is 1690. The van der Waals surface area contributed by atoms with E-state index in [-0.39, 0.29) is 23.8 Å². The third-order valence-electron chi connectivity index (χ3n) is 6.87. The summed E-state index contributed by atoms with van der Waals surface area (Å²) in [5.41, 5.74) is 1.18. The van der Waals surface area contributed by atoms with Crippen molar-refractivity contribution in [3.05, 3.63) is 90.2 Å². The van der Waals surface area contributed by atoms with Crippen LogP contribution < -0.4 is 20.3 Å². The second-order valence-electron chi connectivity index (χ2n) is 9.68. The van der Waals surface area contributed by atoms with Crippen LogP contribution in [0, 0.1) is 9.39 Å². The van der Waals surface area contributed by atoms with Crippen LogP contribution in [0.4, 0.5) is 10.1 Å². The maximum atomic E-state index is 13.9. The number of aromatic nitrogens is 2. The molecule has 212 valence electrons. The Hall–Kier alpha value is -3.32. The predicted octanol–water partition coefficient (Wildman–Crippen LogP) is 6.86. The lowest BCUT2D eigenvalue weighted by atomic mass is 9.88. The van der Waals surface area contributed by atoms with E-state index < -0.39 is 11.7 Å². The zero-order valence-electron chi connectivity index (χ0n) is 22.2. The number of nitrogens with zero attached hydrogens (tertiary/aromatic N) is 3. The quantitative estimate of drug-likeness (QED) is 0.158. The van der Waals surface area contributed by atoms with Gasteiger partial charge in [0.2, 0.25) is 0 Å². The van der Waals surface area contributed by atoms with Crippen molar-refractivity contribution in [2.24, 2.45) is 5.10 Å². The van der Waals surface area contributed by atoms with Crippen LogP contribution in [0.2, 0.25) is 0 Å². The monoisotopic (exact) mass is 732 g/mol. The van der Waals surface area contributed by atoms with Crippen molar-refractivity contribution in [2.45, 2.75) is 38.0 Å². The number of carbonyl (C=O) groups excluding carboxylic acids is 1. The minimum Gasteiger partial charge on any atom is -0.493 e. The third kappa shape index (κ3) is 6.78. The summed E-state index contributed by atoms with van der Waals surface area (Å²) in [6.45, 7) is -0.341. The average molecular weight is 733 g/mol. The molecule has 1 N–H and O–H groups in total. The summed E-state index contributed by atoms with van der Waals surface area (Å²) in [6, 6.07) is 14.9. The van der Waals surface area contributed by atoms with Gasteiger partial charge < -0.3 is 14.8 Å². The fourth-order valence-electron chi connectivity index (χ4n) is 4.87. The van der Waals surface area contributed by atoms with Gasteiger partial charge in [-0.25, -0.2) is 9.37 Å². The van der Waals surface area contributed by atoms with E-state index in [9.17, 15) is 14.0 Å². The lowest BCUT2D eigenvalue weighted by Gasteiger charge is -2.22. The second-order valence-corrected chi connectivity index (χ2v) is 11.8. The normalized spacial score (nSPS) is 14.0. The van der Waals surface area contributed by atoms with E-state index in [4.69, 9.17) is 14.5 Å². The SMILES string of the molecule is COc1cc(C=Nn2c(C3CCCCC3)nc3ccc(Br)cc3c2=O)cc(I)c1OCC(=O)Nc1ccccc1F. The molecule has 0 atom stereocenters. The van der Waals surface area contributed by atoms with Gasteiger partial charge in [0.1, 0.15) is 11.6 Å². The number of hydrogen-bond acceptors (Lipinski definition) is 6. The molecule has 4 aromatic rings. The molecular weight excluding hydrogens is 706 g/mol. The van der Waals surface area contributed by atoms with Gasteiger partial charge in [-0.3, -0.25) is 9.59 Å². The maximum absolute atomic E-state index is 13.9. The molecule has 1 amide bonds. The Labute approximate surface area is 258 Å². The molecule has 5 rings (SSSR count). The molecular formula is C30H27BrFIN4O4. The van der Waals surface area contributed by atoms with Crippen LogP contribution in [-0.2, 0) is 4.79 Å². The molecule has 1 aliphatic rings. The number of nitrogens with one attached hydrogen (secondary N) is 1. The summed E-state index contributed by atoms with van der Waals surface area (Å²) in [5.74, 6) is 0.537.